The van der Waals surface area contributed by atoms with E-state index < -0.39 is 10.0 Å². The number of sulfonamides is 1. The Morgan fingerprint density at radius 3 is 2.84 bits per heavy atom. The van der Waals surface area contributed by atoms with E-state index in [0.29, 0.717) is 11.0 Å². The molecule has 3 N–H and O–H groups in total. The molecular formula is C11H17ClN4O2S. The number of nitrogens with zero attached hydrogens (tertiary/aromatic N) is 2. The van der Waals surface area contributed by atoms with Gasteiger partial charge in [-0.1, -0.05) is 0 Å². The van der Waals surface area contributed by atoms with Crippen molar-refractivity contribution < 1.29 is 8.42 Å². The van der Waals surface area contributed by atoms with E-state index in [1.165, 1.54) is 17.5 Å². The molecular weight excluding hydrogens is 288 g/mol. The maximum atomic E-state index is 12.4. The zero-order valence-electron chi connectivity index (χ0n) is 10.7. The number of pyridine rings is 1. The highest BCUT2D eigenvalue weighted by atomic mass is 35.5. The lowest BCUT2D eigenvalue weighted by Crippen LogP contribution is -2.39. The zero-order chi connectivity index (χ0) is 13.3. The normalized spacial score (nSPS) is 13.5. The summed E-state index contributed by atoms with van der Waals surface area (Å²) in [6.45, 7) is 2.04. The molecule has 19 heavy (non-hydrogen) atoms. The Kier molecular flexibility index (Phi) is 4.92. The number of hydrogen-bond donors (Lipinski definition) is 2. The fourth-order valence-electron chi connectivity index (χ4n) is 1.68. The second-order valence-corrected chi connectivity index (χ2v) is 6.12. The summed E-state index contributed by atoms with van der Waals surface area (Å²) >= 11 is 0. The van der Waals surface area contributed by atoms with E-state index in [-0.39, 0.29) is 29.9 Å². The molecule has 2 aromatic heterocycles. The lowest BCUT2D eigenvalue weighted by Gasteiger charge is -2.22. The van der Waals surface area contributed by atoms with Crippen molar-refractivity contribution in [1.29, 1.82) is 0 Å². The fourth-order valence-corrected chi connectivity index (χ4v) is 3.21. The van der Waals surface area contributed by atoms with Crippen LogP contribution in [0.25, 0.3) is 11.0 Å². The van der Waals surface area contributed by atoms with Gasteiger partial charge < -0.3 is 10.7 Å². The summed E-state index contributed by atoms with van der Waals surface area (Å²) in [5, 5.41) is 0.591. The molecule has 0 aliphatic rings. The average molecular weight is 305 g/mol. The van der Waals surface area contributed by atoms with Gasteiger partial charge in [-0.05, 0) is 19.1 Å². The summed E-state index contributed by atoms with van der Waals surface area (Å²) in [7, 11) is -2.02. The Morgan fingerprint density at radius 1 is 1.53 bits per heavy atom. The monoisotopic (exact) mass is 304 g/mol. The van der Waals surface area contributed by atoms with Crippen LogP contribution in [0.5, 0.6) is 0 Å². The fraction of sp³-hybridized carbons (Fsp3) is 0.364. The van der Waals surface area contributed by atoms with Crippen LogP contribution in [0.15, 0.2) is 29.4 Å². The largest absolute Gasteiger partial charge is 0.345 e. The van der Waals surface area contributed by atoms with E-state index >= 15 is 0 Å². The predicted octanol–water partition coefficient (Wildman–Crippen LogP) is 0.952. The molecule has 0 bridgehead atoms. The molecule has 0 fully saturated rings. The smallest absolute Gasteiger partial charge is 0.245 e. The molecule has 1 unspecified atom stereocenters. The van der Waals surface area contributed by atoms with Gasteiger partial charge in [-0.2, -0.15) is 4.31 Å². The quantitative estimate of drug-likeness (QED) is 0.879. The summed E-state index contributed by atoms with van der Waals surface area (Å²) in [4.78, 5) is 7.16. The van der Waals surface area contributed by atoms with Crippen LogP contribution in [0.2, 0.25) is 0 Å². The Hall–Kier alpha value is -1.15. The maximum absolute atomic E-state index is 12.4. The van der Waals surface area contributed by atoms with Gasteiger partial charge in [0.15, 0.2) is 0 Å². The number of rotatable bonds is 4. The summed E-state index contributed by atoms with van der Waals surface area (Å²) in [5.41, 5.74) is 6.07. The molecule has 0 aliphatic carbocycles. The van der Waals surface area contributed by atoms with Crippen molar-refractivity contribution in [2.45, 2.75) is 17.9 Å². The van der Waals surface area contributed by atoms with E-state index in [2.05, 4.69) is 9.97 Å². The van der Waals surface area contributed by atoms with Gasteiger partial charge in [-0.3, -0.25) is 0 Å². The minimum Gasteiger partial charge on any atom is -0.345 e. The van der Waals surface area contributed by atoms with Crippen LogP contribution < -0.4 is 5.73 Å². The molecule has 8 heteroatoms. The van der Waals surface area contributed by atoms with Gasteiger partial charge in [0.2, 0.25) is 10.0 Å². The van der Waals surface area contributed by atoms with Crippen molar-refractivity contribution >= 4 is 33.5 Å². The highest BCUT2D eigenvalue weighted by molar-refractivity contribution is 7.89. The van der Waals surface area contributed by atoms with E-state index in [0.717, 1.165) is 0 Å². The Morgan fingerprint density at radius 2 is 2.21 bits per heavy atom. The molecule has 2 rings (SSSR count). The molecule has 6 nitrogen and oxygen atoms in total. The first-order valence-corrected chi connectivity index (χ1v) is 7.02. The molecule has 0 spiro atoms. The third kappa shape index (κ3) is 2.74. The number of fused-ring (bicyclic) bond motifs is 1. The average Bonchev–Trinajstić information content (AvgIpc) is 2.81. The molecule has 0 saturated heterocycles. The molecule has 0 amide bonds. The highest BCUT2D eigenvalue weighted by Gasteiger charge is 2.27. The van der Waals surface area contributed by atoms with E-state index in [4.69, 9.17) is 5.73 Å². The molecule has 106 valence electrons. The number of H-pyrrole nitrogens is 1. The summed E-state index contributed by atoms with van der Waals surface area (Å²) in [6.07, 6.45) is 3.08. The van der Waals surface area contributed by atoms with Crippen LogP contribution in [0.1, 0.15) is 6.92 Å². The van der Waals surface area contributed by atoms with Crippen molar-refractivity contribution in [3.63, 3.8) is 0 Å². The SMILES string of the molecule is CC(CN)N(C)S(=O)(=O)c1c[nH]c2ncccc12.Cl. The molecule has 1 atom stereocenters. The number of likely N-dealkylation sites (N-methyl/N-ethyl adjacent to an activating group) is 1. The lowest BCUT2D eigenvalue weighted by atomic mass is 10.3. The van der Waals surface area contributed by atoms with Crippen molar-refractivity contribution in [2.24, 2.45) is 5.73 Å². The molecule has 2 aromatic rings. The van der Waals surface area contributed by atoms with Crippen LogP contribution >= 0.6 is 12.4 Å². The van der Waals surface area contributed by atoms with Crippen LogP contribution in [0, 0.1) is 0 Å². The van der Waals surface area contributed by atoms with Gasteiger partial charge in [-0.25, -0.2) is 13.4 Å². The first-order chi connectivity index (χ1) is 8.48. The summed E-state index contributed by atoms with van der Waals surface area (Å²) in [6, 6.07) is 3.19. The van der Waals surface area contributed by atoms with Gasteiger partial charge in [-0.15, -0.1) is 12.4 Å². The van der Waals surface area contributed by atoms with Crippen LogP contribution in [0.4, 0.5) is 0 Å². The summed E-state index contributed by atoms with van der Waals surface area (Å²) < 4.78 is 26.1. The van der Waals surface area contributed by atoms with Gasteiger partial charge in [0.05, 0.1) is 0 Å². The molecule has 0 saturated carbocycles. The summed E-state index contributed by atoms with van der Waals surface area (Å²) in [5.74, 6) is 0. The minimum atomic E-state index is -3.55. The van der Waals surface area contributed by atoms with Crippen molar-refractivity contribution in [1.82, 2.24) is 14.3 Å². The van der Waals surface area contributed by atoms with Gasteiger partial charge >= 0.3 is 0 Å². The van der Waals surface area contributed by atoms with Crippen LogP contribution in [-0.4, -0.2) is 42.3 Å². The molecule has 0 radical (unpaired) electrons. The number of halogens is 1. The van der Waals surface area contributed by atoms with Crippen LogP contribution in [-0.2, 0) is 10.0 Å². The number of aromatic amines is 1. The molecule has 0 aromatic carbocycles. The highest BCUT2D eigenvalue weighted by Crippen LogP contribution is 2.24. The van der Waals surface area contributed by atoms with Crippen molar-refractivity contribution in [3.8, 4) is 0 Å². The van der Waals surface area contributed by atoms with Gasteiger partial charge in [0.1, 0.15) is 10.5 Å². The first-order valence-electron chi connectivity index (χ1n) is 5.58. The Labute approximate surface area is 118 Å². The first kappa shape index (κ1) is 15.9. The standard InChI is InChI=1S/C11H16N4O2S.ClH/c1-8(6-12)15(2)18(16,17)10-7-14-11-9(10)4-3-5-13-11;/h3-5,7-8H,6,12H2,1-2H3,(H,13,14);1H. The van der Waals surface area contributed by atoms with E-state index in [1.807, 2.05) is 0 Å². The second kappa shape index (κ2) is 5.87. The topological polar surface area (TPSA) is 92.1 Å². The van der Waals surface area contributed by atoms with E-state index in [1.54, 1.807) is 25.3 Å². The minimum absolute atomic E-state index is 0. The Bertz CT molecular complexity index is 656. The van der Waals surface area contributed by atoms with Crippen molar-refractivity contribution in [2.75, 3.05) is 13.6 Å². The van der Waals surface area contributed by atoms with E-state index in [9.17, 15) is 8.42 Å². The predicted molar refractivity (Wildman–Crippen MR) is 76.8 cm³/mol. The van der Waals surface area contributed by atoms with Crippen molar-refractivity contribution in [3.05, 3.63) is 24.5 Å². The zero-order valence-corrected chi connectivity index (χ0v) is 12.3. The number of nitrogens with two attached hydrogens (primary N) is 1. The molecule has 0 aliphatic heterocycles. The van der Waals surface area contributed by atoms with Crippen LogP contribution in [0.3, 0.4) is 0 Å². The third-order valence-corrected chi connectivity index (χ3v) is 5.04. The number of nitrogens with one attached hydrogen (secondary N) is 1. The van der Waals surface area contributed by atoms with Gasteiger partial charge in [0, 0.05) is 37.4 Å². The molecule has 2 heterocycles. The number of aromatic nitrogens is 2. The third-order valence-electron chi connectivity index (χ3n) is 3.03. The lowest BCUT2D eigenvalue weighted by molar-refractivity contribution is 0.395. The second-order valence-electron chi connectivity index (χ2n) is 4.16. The maximum Gasteiger partial charge on any atom is 0.245 e. The number of hydrogen-bond acceptors (Lipinski definition) is 4. The van der Waals surface area contributed by atoms with Gasteiger partial charge in [0.25, 0.3) is 0 Å². The Balaban J connectivity index is 0.00000180.